The summed E-state index contributed by atoms with van der Waals surface area (Å²) < 4.78 is 7.40. The number of hydrogen-bond donors (Lipinski definition) is 0. The molecule has 0 bridgehead atoms. The van der Waals surface area contributed by atoms with Crippen molar-refractivity contribution >= 4 is 5.65 Å². The first-order valence-electron chi connectivity index (χ1n) is 5.23. The van der Waals surface area contributed by atoms with Crippen LogP contribution in [0.25, 0.3) is 5.65 Å². The van der Waals surface area contributed by atoms with Crippen molar-refractivity contribution in [3.8, 4) is 5.75 Å². The van der Waals surface area contributed by atoms with E-state index in [9.17, 15) is 0 Å². The van der Waals surface area contributed by atoms with E-state index < -0.39 is 0 Å². The fraction of sp³-hybridized carbons (Fsp3) is 0.0833. The molecule has 3 aromatic rings. The van der Waals surface area contributed by atoms with Crippen LogP contribution in [0.4, 0.5) is 0 Å². The molecule has 17 heavy (non-hydrogen) atoms. The summed E-state index contributed by atoms with van der Waals surface area (Å²) in [5, 5.41) is 7.79. The summed E-state index contributed by atoms with van der Waals surface area (Å²) in [7, 11) is 0. The lowest BCUT2D eigenvalue weighted by molar-refractivity contribution is 0.306. The topological polar surface area (TPSA) is 52.3 Å². The molecule has 0 radical (unpaired) electrons. The van der Waals surface area contributed by atoms with Crippen molar-refractivity contribution in [1.29, 1.82) is 0 Å². The van der Waals surface area contributed by atoms with Gasteiger partial charge in [0, 0.05) is 0 Å². The summed E-state index contributed by atoms with van der Waals surface area (Å²) in [6, 6.07) is 9.96. The molecule has 0 fully saturated rings. The second-order valence-corrected chi connectivity index (χ2v) is 3.59. The Bertz CT molecular complexity index is 620. The van der Waals surface area contributed by atoms with Gasteiger partial charge in [0.05, 0.1) is 6.20 Å². The van der Waals surface area contributed by atoms with E-state index in [0.29, 0.717) is 18.0 Å². The number of ether oxygens (including phenoxy) is 1. The zero-order valence-electron chi connectivity index (χ0n) is 9.02. The quantitative estimate of drug-likeness (QED) is 0.682. The van der Waals surface area contributed by atoms with Gasteiger partial charge in [-0.3, -0.25) is 4.40 Å². The third-order valence-corrected chi connectivity index (χ3v) is 2.41. The molecular weight excluding hydrogens is 216 g/mol. The van der Waals surface area contributed by atoms with Crippen LogP contribution < -0.4 is 4.74 Å². The highest BCUT2D eigenvalue weighted by atomic mass is 16.5. The Morgan fingerprint density at radius 3 is 2.88 bits per heavy atom. The Morgan fingerprint density at radius 2 is 2.00 bits per heavy atom. The van der Waals surface area contributed by atoms with Gasteiger partial charge in [0.15, 0.2) is 5.75 Å². The molecule has 0 N–H and O–H groups in total. The molecule has 0 spiro atoms. The number of rotatable bonds is 3. The number of hydrogen-bond acceptors (Lipinski definition) is 4. The third kappa shape index (κ3) is 1.94. The van der Waals surface area contributed by atoms with E-state index in [1.165, 1.54) is 0 Å². The molecule has 5 nitrogen and oxygen atoms in total. The average Bonchev–Trinajstić information content (AvgIpc) is 2.86. The van der Waals surface area contributed by atoms with Gasteiger partial charge in [-0.25, -0.2) is 4.98 Å². The summed E-state index contributed by atoms with van der Waals surface area (Å²) in [6.07, 6.45) is 4.88. The monoisotopic (exact) mass is 226 g/mol. The van der Waals surface area contributed by atoms with Crippen LogP contribution in [0.3, 0.4) is 0 Å². The van der Waals surface area contributed by atoms with E-state index in [0.717, 1.165) is 5.56 Å². The van der Waals surface area contributed by atoms with Gasteiger partial charge in [-0.15, -0.1) is 10.2 Å². The normalized spacial score (nSPS) is 10.6. The van der Waals surface area contributed by atoms with Crippen molar-refractivity contribution in [3.63, 3.8) is 0 Å². The first kappa shape index (κ1) is 9.77. The second kappa shape index (κ2) is 4.21. The lowest BCUT2D eigenvalue weighted by Crippen LogP contribution is -1.98. The number of benzene rings is 1. The summed E-state index contributed by atoms with van der Waals surface area (Å²) in [5.74, 6) is 0.633. The van der Waals surface area contributed by atoms with E-state index >= 15 is 0 Å². The standard InChI is InChI=1S/C12H10N4O/c1-2-4-10(5-3-1)7-17-11-6-13-8-16-9-14-15-12(11)16/h1-6,8-9H,7H2. The van der Waals surface area contributed by atoms with Crippen molar-refractivity contribution in [1.82, 2.24) is 19.6 Å². The summed E-state index contributed by atoms with van der Waals surface area (Å²) in [5.41, 5.74) is 1.78. The SMILES string of the molecule is c1ccc(COc2cncn3cnnc23)cc1. The van der Waals surface area contributed by atoms with Gasteiger partial charge in [-0.2, -0.15) is 0 Å². The molecule has 2 aromatic heterocycles. The zero-order valence-corrected chi connectivity index (χ0v) is 9.02. The largest absolute Gasteiger partial charge is 0.483 e. The molecule has 0 amide bonds. The zero-order chi connectivity index (χ0) is 11.5. The predicted octanol–water partition coefficient (Wildman–Crippen LogP) is 1.70. The maximum Gasteiger partial charge on any atom is 0.205 e. The van der Waals surface area contributed by atoms with Crippen LogP contribution in [-0.4, -0.2) is 19.6 Å². The molecule has 0 aliphatic heterocycles. The predicted molar refractivity (Wildman–Crippen MR) is 61.6 cm³/mol. The highest BCUT2D eigenvalue weighted by Gasteiger charge is 2.04. The average molecular weight is 226 g/mol. The minimum atomic E-state index is 0.495. The highest BCUT2D eigenvalue weighted by Crippen LogP contribution is 2.16. The van der Waals surface area contributed by atoms with E-state index in [2.05, 4.69) is 15.2 Å². The van der Waals surface area contributed by atoms with E-state index in [1.807, 2.05) is 30.3 Å². The van der Waals surface area contributed by atoms with Crippen molar-refractivity contribution < 1.29 is 4.74 Å². The maximum atomic E-state index is 5.68. The second-order valence-electron chi connectivity index (χ2n) is 3.59. The fourth-order valence-corrected chi connectivity index (χ4v) is 1.57. The number of fused-ring (bicyclic) bond motifs is 1. The molecule has 0 atom stereocenters. The van der Waals surface area contributed by atoms with Crippen LogP contribution in [0.5, 0.6) is 5.75 Å². The van der Waals surface area contributed by atoms with Crippen LogP contribution in [0.15, 0.2) is 49.2 Å². The summed E-state index contributed by atoms with van der Waals surface area (Å²) in [4.78, 5) is 4.06. The van der Waals surface area contributed by atoms with Gasteiger partial charge in [0.25, 0.3) is 0 Å². The Labute approximate surface area is 97.7 Å². The molecule has 0 aliphatic rings. The van der Waals surface area contributed by atoms with Gasteiger partial charge >= 0.3 is 0 Å². The number of nitrogens with zero attached hydrogens (tertiary/aromatic N) is 4. The molecule has 5 heteroatoms. The molecule has 2 heterocycles. The Morgan fingerprint density at radius 1 is 1.12 bits per heavy atom. The third-order valence-electron chi connectivity index (χ3n) is 2.41. The fourth-order valence-electron chi connectivity index (χ4n) is 1.57. The van der Waals surface area contributed by atoms with Crippen LogP contribution in [0.1, 0.15) is 5.56 Å². The van der Waals surface area contributed by atoms with Crippen LogP contribution in [-0.2, 0) is 6.61 Å². The molecule has 1 aromatic carbocycles. The summed E-state index contributed by atoms with van der Waals surface area (Å²) >= 11 is 0. The van der Waals surface area contributed by atoms with E-state index in [-0.39, 0.29) is 0 Å². The molecule has 3 rings (SSSR count). The molecule has 0 saturated heterocycles. The Kier molecular flexibility index (Phi) is 2.42. The minimum absolute atomic E-state index is 0.495. The molecule has 0 unspecified atom stereocenters. The van der Waals surface area contributed by atoms with E-state index in [4.69, 9.17) is 4.74 Å². The van der Waals surface area contributed by atoms with Crippen molar-refractivity contribution in [2.75, 3.05) is 0 Å². The van der Waals surface area contributed by atoms with Gasteiger partial charge < -0.3 is 4.74 Å². The first-order chi connectivity index (χ1) is 8.43. The van der Waals surface area contributed by atoms with Gasteiger partial charge in [0.2, 0.25) is 5.65 Å². The molecular formula is C12H10N4O. The lowest BCUT2D eigenvalue weighted by Gasteiger charge is -2.05. The maximum absolute atomic E-state index is 5.68. The van der Waals surface area contributed by atoms with Crippen molar-refractivity contribution in [2.45, 2.75) is 6.61 Å². The lowest BCUT2D eigenvalue weighted by atomic mass is 10.2. The molecule has 0 saturated carbocycles. The Balaban J connectivity index is 1.84. The smallest absolute Gasteiger partial charge is 0.205 e. The van der Waals surface area contributed by atoms with Crippen LogP contribution in [0.2, 0.25) is 0 Å². The van der Waals surface area contributed by atoms with Crippen molar-refractivity contribution in [2.24, 2.45) is 0 Å². The first-order valence-corrected chi connectivity index (χ1v) is 5.23. The highest BCUT2D eigenvalue weighted by molar-refractivity contribution is 5.50. The van der Waals surface area contributed by atoms with Crippen molar-refractivity contribution in [3.05, 3.63) is 54.7 Å². The van der Waals surface area contributed by atoms with Crippen LogP contribution in [0, 0.1) is 0 Å². The number of aromatic nitrogens is 4. The summed E-state index contributed by atoms with van der Waals surface area (Å²) in [6.45, 7) is 0.495. The molecule has 0 aliphatic carbocycles. The minimum Gasteiger partial charge on any atom is -0.483 e. The van der Waals surface area contributed by atoms with Crippen LogP contribution >= 0.6 is 0 Å². The molecule has 84 valence electrons. The van der Waals surface area contributed by atoms with Gasteiger partial charge in [-0.1, -0.05) is 30.3 Å². The van der Waals surface area contributed by atoms with Gasteiger partial charge in [-0.05, 0) is 5.56 Å². The van der Waals surface area contributed by atoms with E-state index in [1.54, 1.807) is 23.3 Å². The Hall–Kier alpha value is -2.43. The van der Waals surface area contributed by atoms with Gasteiger partial charge in [0.1, 0.15) is 19.3 Å².